The molecule has 0 saturated carbocycles. The first-order valence-corrected chi connectivity index (χ1v) is 6.82. The van der Waals surface area contributed by atoms with Crippen LogP contribution in [0, 0.1) is 0 Å². The van der Waals surface area contributed by atoms with E-state index in [1.807, 2.05) is 13.8 Å². The fourth-order valence-electron chi connectivity index (χ4n) is 2.40. The minimum absolute atomic E-state index is 0.273. The van der Waals surface area contributed by atoms with Crippen LogP contribution < -0.4 is 11.1 Å². The van der Waals surface area contributed by atoms with Crippen molar-refractivity contribution in [1.82, 2.24) is 10.2 Å². The first-order chi connectivity index (χ1) is 8.49. The Bertz CT molecular complexity index is 267. The number of likely N-dealkylation sites (N-methyl/N-ethyl adjacent to an activating group) is 1. The summed E-state index contributed by atoms with van der Waals surface area (Å²) < 4.78 is 5.36. The van der Waals surface area contributed by atoms with Crippen molar-refractivity contribution in [3.05, 3.63) is 0 Å². The Morgan fingerprint density at radius 1 is 1.50 bits per heavy atom. The number of nitrogens with one attached hydrogen (secondary N) is 1. The lowest BCUT2D eigenvalue weighted by molar-refractivity contribution is -0.124. The summed E-state index contributed by atoms with van der Waals surface area (Å²) in [5, 5.41) is 3.19. The number of carbonyl (C=O) groups excluding carboxylic acids is 1. The molecule has 5 heteroatoms. The second-order valence-corrected chi connectivity index (χ2v) is 5.30. The average molecular weight is 257 g/mol. The molecule has 1 aliphatic heterocycles. The minimum atomic E-state index is -0.603. The normalized spacial score (nSPS) is 20.9. The SMILES string of the molecule is CCNC(C)(CCN(C)C1CCOCC1)C(N)=O. The van der Waals surface area contributed by atoms with Crippen molar-refractivity contribution in [2.45, 2.75) is 44.7 Å². The van der Waals surface area contributed by atoms with Gasteiger partial charge in [0.05, 0.1) is 5.54 Å². The number of nitrogens with zero attached hydrogens (tertiary/aromatic N) is 1. The van der Waals surface area contributed by atoms with E-state index in [1.54, 1.807) is 0 Å². The Kier molecular flexibility index (Phi) is 6.05. The lowest BCUT2D eigenvalue weighted by Crippen LogP contribution is -2.55. The van der Waals surface area contributed by atoms with E-state index in [0.717, 1.165) is 45.6 Å². The van der Waals surface area contributed by atoms with Crippen molar-refractivity contribution in [2.75, 3.05) is 33.4 Å². The highest BCUT2D eigenvalue weighted by atomic mass is 16.5. The molecular formula is C13H27N3O2. The highest BCUT2D eigenvalue weighted by Gasteiger charge is 2.30. The van der Waals surface area contributed by atoms with Gasteiger partial charge in [0.1, 0.15) is 0 Å². The standard InChI is InChI=1S/C13H27N3O2/c1-4-15-13(2,12(14)17)7-8-16(3)11-5-9-18-10-6-11/h11,15H,4-10H2,1-3H3,(H2,14,17). The molecule has 0 aromatic carbocycles. The molecule has 0 aromatic rings. The molecule has 1 saturated heterocycles. The van der Waals surface area contributed by atoms with Crippen molar-refractivity contribution in [3.8, 4) is 0 Å². The predicted molar refractivity (Wildman–Crippen MR) is 72.4 cm³/mol. The molecule has 0 aromatic heterocycles. The van der Waals surface area contributed by atoms with E-state index in [2.05, 4.69) is 17.3 Å². The van der Waals surface area contributed by atoms with Crippen molar-refractivity contribution in [2.24, 2.45) is 5.73 Å². The smallest absolute Gasteiger partial charge is 0.237 e. The number of nitrogens with two attached hydrogens (primary N) is 1. The Labute approximate surface area is 110 Å². The van der Waals surface area contributed by atoms with Gasteiger partial charge in [-0.15, -0.1) is 0 Å². The largest absolute Gasteiger partial charge is 0.381 e. The van der Waals surface area contributed by atoms with Gasteiger partial charge in [0.15, 0.2) is 0 Å². The molecular weight excluding hydrogens is 230 g/mol. The molecule has 1 aliphatic rings. The molecule has 3 N–H and O–H groups in total. The predicted octanol–water partition coefficient (Wildman–Crippen LogP) is 0.341. The first kappa shape index (κ1) is 15.4. The van der Waals surface area contributed by atoms with Crippen molar-refractivity contribution in [3.63, 3.8) is 0 Å². The van der Waals surface area contributed by atoms with Crippen LogP contribution in [0.15, 0.2) is 0 Å². The van der Waals surface area contributed by atoms with Crippen LogP contribution in [0.25, 0.3) is 0 Å². The van der Waals surface area contributed by atoms with Crippen molar-refractivity contribution in [1.29, 1.82) is 0 Å². The van der Waals surface area contributed by atoms with Crippen molar-refractivity contribution < 1.29 is 9.53 Å². The highest BCUT2D eigenvalue weighted by molar-refractivity contribution is 5.84. The Hall–Kier alpha value is -0.650. The third-order valence-electron chi connectivity index (χ3n) is 3.89. The third kappa shape index (κ3) is 4.23. The number of amides is 1. The summed E-state index contributed by atoms with van der Waals surface area (Å²) in [6, 6.07) is 0.567. The van der Waals surface area contributed by atoms with Crippen LogP contribution in [0.2, 0.25) is 0 Å². The van der Waals surface area contributed by atoms with Gasteiger partial charge in [-0.3, -0.25) is 4.79 Å². The number of rotatable bonds is 7. The molecule has 0 aliphatic carbocycles. The zero-order valence-electron chi connectivity index (χ0n) is 11.9. The van der Waals surface area contributed by atoms with Gasteiger partial charge in [-0.05, 0) is 39.8 Å². The first-order valence-electron chi connectivity index (χ1n) is 6.82. The van der Waals surface area contributed by atoms with Gasteiger partial charge in [0.2, 0.25) is 5.91 Å². The molecule has 106 valence electrons. The van der Waals surface area contributed by atoms with Gasteiger partial charge in [-0.1, -0.05) is 6.92 Å². The summed E-state index contributed by atoms with van der Waals surface area (Å²) in [7, 11) is 2.11. The summed E-state index contributed by atoms with van der Waals surface area (Å²) in [4.78, 5) is 13.8. The quantitative estimate of drug-likeness (QED) is 0.690. The molecule has 0 bridgehead atoms. The van der Waals surface area contributed by atoms with E-state index in [-0.39, 0.29) is 5.91 Å². The Morgan fingerprint density at radius 3 is 2.61 bits per heavy atom. The molecule has 1 fully saturated rings. The lowest BCUT2D eigenvalue weighted by Gasteiger charge is -2.34. The van der Waals surface area contributed by atoms with Gasteiger partial charge in [-0.2, -0.15) is 0 Å². The van der Waals surface area contributed by atoms with Crippen LogP contribution in [-0.2, 0) is 9.53 Å². The molecule has 0 spiro atoms. The number of primary amides is 1. The zero-order valence-corrected chi connectivity index (χ0v) is 11.9. The monoisotopic (exact) mass is 257 g/mol. The fourth-order valence-corrected chi connectivity index (χ4v) is 2.40. The summed E-state index contributed by atoms with van der Waals surface area (Å²) in [6.45, 7) is 7.18. The second-order valence-electron chi connectivity index (χ2n) is 5.30. The van der Waals surface area contributed by atoms with Crippen LogP contribution in [0.1, 0.15) is 33.1 Å². The van der Waals surface area contributed by atoms with Crippen LogP contribution in [0.4, 0.5) is 0 Å². The number of hydrogen-bond acceptors (Lipinski definition) is 4. The van der Waals surface area contributed by atoms with Crippen molar-refractivity contribution >= 4 is 5.91 Å². The molecule has 1 unspecified atom stereocenters. The number of ether oxygens (including phenoxy) is 1. The van der Waals surface area contributed by atoms with E-state index < -0.39 is 5.54 Å². The van der Waals surface area contributed by atoms with Crippen LogP contribution in [0.3, 0.4) is 0 Å². The lowest BCUT2D eigenvalue weighted by atomic mass is 9.95. The van der Waals surface area contributed by atoms with Gasteiger partial charge in [0.25, 0.3) is 0 Å². The molecule has 1 heterocycles. The molecule has 5 nitrogen and oxygen atoms in total. The number of carbonyl (C=O) groups is 1. The molecule has 1 amide bonds. The van der Waals surface area contributed by atoms with Gasteiger partial charge in [0, 0.05) is 25.8 Å². The minimum Gasteiger partial charge on any atom is -0.381 e. The third-order valence-corrected chi connectivity index (χ3v) is 3.89. The maximum absolute atomic E-state index is 11.5. The number of hydrogen-bond donors (Lipinski definition) is 2. The maximum Gasteiger partial charge on any atom is 0.237 e. The van der Waals surface area contributed by atoms with Gasteiger partial charge >= 0.3 is 0 Å². The topological polar surface area (TPSA) is 67.6 Å². The van der Waals surface area contributed by atoms with E-state index >= 15 is 0 Å². The summed E-state index contributed by atoms with van der Waals surface area (Å²) in [6.07, 6.45) is 2.89. The Morgan fingerprint density at radius 2 is 2.11 bits per heavy atom. The molecule has 1 atom stereocenters. The molecule has 18 heavy (non-hydrogen) atoms. The highest BCUT2D eigenvalue weighted by Crippen LogP contribution is 2.16. The Balaban J connectivity index is 2.43. The second kappa shape index (κ2) is 7.07. The van der Waals surface area contributed by atoms with Gasteiger partial charge in [-0.25, -0.2) is 0 Å². The maximum atomic E-state index is 11.5. The van der Waals surface area contributed by atoms with Crippen LogP contribution in [0.5, 0.6) is 0 Å². The summed E-state index contributed by atoms with van der Waals surface area (Å²) in [5.41, 5.74) is 4.88. The summed E-state index contributed by atoms with van der Waals surface area (Å²) >= 11 is 0. The van der Waals surface area contributed by atoms with E-state index in [0.29, 0.717) is 6.04 Å². The molecule has 1 rings (SSSR count). The van der Waals surface area contributed by atoms with E-state index in [9.17, 15) is 4.79 Å². The van der Waals surface area contributed by atoms with E-state index in [4.69, 9.17) is 10.5 Å². The van der Waals surface area contributed by atoms with Gasteiger partial charge < -0.3 is 20.7 Å². The summed E-state index contributed by atoms with van der Waals surface area (Å²) in [5.74, 6) is -0.273. The van der Waals surface area contributed by atoms with Crippen LogP contribution in [-0.4, -0.2) is 55.7 Å². The van der Waals surface area contributed by atoms with Crippen LogP contribution >= 0.6 is 0 Å². The van der Waals surface area contributed by atoms with E-state index in [1.165, 1.54) is 0 Å². The molecule has 0 radical (unpaired) electrons. The zero-order chi connectivity index (χ0) is 13.6. The average Bonchev–Trinajstić information content (AvgIpc) is 2.37. The fraction of sp³-hybridized carbons (Fsp3) is 0.923.